The highest BCUT2D eigenvalue weighted by Crippen LogP contribution is 2.33. The lowest BCUT2D eigenvalue weighted by molar-refractivity contribution is -0.384. The van der Waals surface area contributed by atoms with Gasteiger partial charge < -0.3 is 0 Å². The predicted molar refractivity (Wildman–Crippen MR) is 52.8 cm³/mol. The Bertz CT molecular complexity index is 401. The van der Waals surface area contributed by atoms with Crippen LogP contribution in [-0.2, 0) is 0 Å². The number of nitro benzene ring substituents is 1. The molecule has 0 bridgehead atoms. The number of aliphatic imine (C=N–C) groups is 1. The van der Waals surface area contributed by atoms with E-state index < -0.39 is 4.92 Å². The summed E-state index contributed by atoms with van der Waals surface area (Å²) in [4.78, 5) is 13.4. The molecule has 0 aliphatic carbocycles. The fourth-order valence-electron chi connectivity index (χ4n) is 0.808. The molecule has 0 aromatic heterocycles. The number of hydrogen-bond donors (Lipinski definition) is 0. The maximum atomic E-state index is 10.5. The Kier molecular flexibility index (Phi) is 3.08. The van der Waals surface area contributed by atoms with Crippen molar-refractivity contribution in [1.82, 2.24) is 0 Å². The zero-order valence-electron chi connectivity index (χ0n) is 6.23. The largest absolute Gasteiger partial charge is 0.297 e. The number of nitro groups is 1. The fraction of sp³-hybridized carbons (Fsp3) is 0. The van der Waals surface area contributed by atoms with E-state index in [1.807, 2.05) is 5.16 Å². The van der Waals surface area contributed by atoms with Crippen LogP contribution in [-0.4, -0.2) is 10.1 Å². The Morgan fingerprint density at radius 1 is 1.62 bits per heavy atom. The van der Waals surface area contributed by atoms with E-state index in [1.54, 1.807) is 0 Å². The quantitative estimate of drug-likeness (QED) is 0.329. The molecule has 1 aromatic rings. The van der Waals surface area contributed by atoms with Gasteiger partial charge in [-0.15, -0.1) is 0 Å². The topological polar surface area (TPSA) is 55.5 Å². The first-order valence-electron chi connectivity index (χ1n) is 3.17. The van der Waals surface area contributed by atoms with Crippen LogP contribution in [0.25, 0.3) is 0 Å². The molecule has 0 saturated heterocycles. The summed E-state index contributed by atoms with van der Waals surface area (Å²) in [7, 11) is 0. The minimum Gasteiger partial charge on any atom is -0.258 e. The maximum absolute atomic E-state index is 10.5. The summed E-state index contributed by atoms with van der Waals surface area (Å²) in [5.41, 5.74) is -0.131. The van der Waals surface area contributed by atoms with Crippen LogP contribution < -0.4 is 0 Å². The molecule has 4 nitrogen and oxygen atoms in total. The second-order valence-electron chi connectivity index (χ2n) is 2.07. The molecule has 0 saturated carbocycles. The Morgan fingerprint density at radius 3 is 2.85 bits per heavy atom. The number of thiocarbonyl (C=S) groups is 1. The van der Waals surface area contributed by atoms with E-state index in [1.165, 1.54) is 18.2 Å². The number of rotatable bonds is 2. The summed E-state index contributed by atoms with van der Waals surface area (Å²) in [6.45, 7) is 0. The SMILES string of the molecule is O=[N+]([O-])c1cccc(Cl)c1N=C=S. The molecule has 0 aliphatic heterocycles. The van der Waals surface area contributed by atoms with Crippen molar-refractivity contribution in [3.05, 3.63) is 33.3 Å². The number of nitrogens with zero attached hydrogens (tertiary/aromatic N) is 2. The summed E-state index contributed by atoms with van der Waals surface area (Å²) < 4.78 is 0. The Labute approximate surface area is 84.0 Å². The molecule has 13 heavy (non-hydrogen) atoms. The molecular formula is C7H3ClN2O2S. The minimum atomic E-state index is -0.572. The molecule has 0 spiro atoms. The van der Waals surface area contributed by atoms with Crippen LogP contribution in [0.4, 0.5) is 11.4 Å². The van der Waals surface area contributed by atoms with E-state index in [2.05, 4.69) is 17.2 Å². The van der Waals surface area contributed by atoms with Gasteiger partial charge in [0.1, 0.15) is 0 Å². The highest BCUT2D eigenvalue weighted by molar-refractivity contribution is 7.78. The molecule has 0 aliphatic rings. The van der Waals surface area contributed by atoms with Gasteiger partial charge in [0, 0.05) is 6.07 Å². The van der Waals surface area contributed by atoms with E-state index >= 15 is 0 Å². The van der Waals surface area contributed by atoms with Crippen LogP contribution in [0.3, 0.4) is 0 Å². The molecule has 0 fully saturated rings. The van der Waals surface area contributed by atoms with Crippen molar-refractivity contribution < 1.29 is 4.92 Å². The first kappa shape index (κ1) is 9.80. The van der Waals surface area contributed by atoms with Gasteiger partial charge in [0.15, 0.2) is 5.69 Å². The monoisotopic (exact) mass is 214 g/mol. The molecular weight excluding hydrogens is 212 g/mol. The second-order valence-corrected chi connectivity index (χ2v) is 2.66. The summed E-state index contributed by atoms with van der Waals surface area (Å²) in [5, 5.41) is 12.7. The number of para-hydroxylation sites is 1. The molecule has 6 heteroatoms. The summed E-state index contributed by atoms with van der Waals surface area (Å²) in [6, 6.07) is 4.28. The molecule has 1 aromatic carbocycles. The molecule has 0 amide bonds. The van der Waals surface area contributed by atoms with E-state index in [4.69, 9.17) is 11.6 Å². The third-order valence-corrected chi connectivity index (χ3v) is 1.72. The van der Waals surface area contributed by atoms with Gasteiger partial charge in [0.2, 0.25) is 0 Å². The molecule has 0 radical (unpaired) electrons. The molecule has 0 atom stereocenters. The van der Waals surface area contributed by atoms with E-state index in [9.17, 15) is 10.1 Å². The summed E-state index contributed by atoms with van der Waals surface area (Å²) in [6.07, 6.45) is 0. The number of halogens is 1. The first-order valence-corrected chi connectivity index (χ1v) is 3.96. The molecule has 0 unspecified atom stereocenters. The molecule has 0 N–H and O–H groups in total. The molecule has 0 heterocycles. The van der Waals surface area contributed by atoms with Crippen molar-refractivity contribution >= 4 is 40.4 Å². The highest BCUT2D eigenvalue weighted by Gasteiger charge is 2.15. The van der Waals surface area contributed by atoms with Gasteiger partial charge in [0.25, 0.3) is 5.69 Å². The van der Waals surface area contributed by atoms with Gasteiger partial charge in [-0.1, -0.05) is 17.7 Å². The van der Waals surface area contributed by atoms with Crippen LogP contribution in [0.2, 0.25) is 5.02 Å². The fourth-order valence-corrected chi connectivity index (χ4v) is 1.11. The average molecular weight is 215 g/mol. The lowest BCUT2D eigenvalue weighted by atomic mass is 10.3. The van der Waals surface area contributed by atoms with Crippen molar-refractivity contribution in [2.24, 2.45) is 4.99 Å². The van der Waals surface area contributed by atoms with Gasteiger partial charge in [-0.2, -0.15) is 4.99 Å². The Balaban J connectivity index is 3.42. The zero-order chi connectivity index (χ0) is 9.84. The van der Waals surface area contributed by atoms with Crippen molar-refractivity contribution in [1.29, 1.82) is 0 Å². The zero-order valence-corrected chi connectivity index (χ0v) is 7.80. The van der Waals surface area contributed by atoms with Crippen LogP contribution in [0.1, 0.15) is 0 Å². The second kappa shape index (κ2) is 4.09. The standard InChI is InChI=1S/C7H3ClN2O2S/c8-5-2-1-3-6(10(11)12)7(5)9-4-13/h1-3H. The normalized spacial score (nSPS) is 9.00. The Hall–Kier alpha value is -1.29. The van der Waals surface area contributed by atoms with E-state index in [-0.39, 0.29) is 16.4 Å². The molecule has 1 rings (SSSR count). The van der Waals surface area contributed by atoms with E-state index in [0.29, 0.717) is 0 Å². The number of hydrogen-bond acceptors (Lipinski definition) is 4. The van der Waals surface area contributed by atoms with Gasteiger partial charge >= 0.3 is 0 Å². The van der Waals surface area contributed by atoms with Crippen molar-refractivity contribution in [2.45, 2.75) is 0 Å². The lowest BCUT2D eigenvalue weighted by Crippen LogP contribution is -1.88. The Morgan fingerprint density at radius 2 is 2.31 bits per heavy atom. The summed E-state index contributed by atoms with van der Waals surface area (Å²) >= 11 is 10.0. The van der Waals surface area contributed by atoms with Crippen molar-refractivity contribution in [2.75, 3.05) is 0 Å². The maximum Gasteiger partial charge on any atom is 0.297 e. The van der Waals surface area contributed by atoms with Crippen LogP contribution in [0.5, 0.6) is 0 Å². The van der Waals surface area contributed by atoms with Crippen molar-refractivity contribution in [3.8, 4) is 0 Å². The van der Waals surface area contributed by atoms with Gasteiger partial charge in [-0.25, -0.2) is 0 Å². The van der Waals surface area contributed by atoms with Gasteiger partial charge in [-0.3, -0.25) is 10.1 Å². The highest BCUT2D eigenvalue weighted by atomic mass is 35.5. The smallest absolute Gasteiger partial charge is 0.258 e. The summed E-state index contributed by atoms with van der Waals surface area (Å²) in [5.74, 6) is 0. The van der Waals surface area contributed by atoms with Crippen LogP contribution >= 0.6 is 23.8 Å². The van der Waals surface area contributed by atoms with E-state index in [0.717, 1.165) is 0 Å². The molecule has 66 valence electrons. The minimum absolute atomic E-state index is 0.0455. The average Bonchev–Trinajstić information content (AvgIpc) is 2.08. The third-order valence-electron chi connectivity index (χ3n) is 1.32. The van der Waals surface area contributed by atoms with Gasteiger partial charge in [0.05, 0.1) is 15.1 Å². The lowest BCUT2D eigenvalue weighted by Gasteiger charge is -1.96. The van der Waals surface area contributed by atoms with Crippen LogP contribution in [0, 0.1) is 10.1 Å². The number of benzene rings is 1. The third kappa shape index (κ3) is 2.09. The van der Waals surface area contributed by atoms with Gasteiger partial charge in [-0.05, 0) is 18.3 Å². The van der Waals surface area contributed by atoms with Crippen molar-refractivity contribution in [3.63, 3.8) is 0 Å². The van der Waals surface area contributed by atoms with Crippen LogP contribution in [0.15, 0.2) is 23.2 Å². The predicted octanol–water partition coefficient (Wildman–Crippen LogP) is 2.98. The number of isothiocyanates is 1. The first-order chi connectivity index (χ1) is 6.16.